The highest BCUT2D eigenvalue weighted by Crippen LogP contribution is 2.33. The highest BCUT2D eigenvalue weighted by molar-refractivity contribution is 5.91. The molecule has 1 unspecified atom stereocenters. The van der Waals surface area contributed by atoms with Crippen molar-refractivity contribution in [2.45, 2.75) is 71.1 Å². The molecule has 126 valence electrons. The first kappa shape index (κ1) is 16.3. The minimum absolute atomic E-state index is 0.136. The molecule has 0 saturated carbocycles. The van der Waals surface area contributed by atoms with Crippen LogP contribution in [-0.4, -0.2) is 24.1 Å². The lowest BCUT2D eigenvalue weighted by molar-refractivity contribution is -0.117. The lowest BCUT2D eigenvalue weighted by Crippen LogP contribution is -2.39. The number of rotatable bonds is 5. The summed E-state index contributed by atoms with van der Waals surface area (Å²) in [5.74, 6) is 1.51. The van der Waals surface area contributed by atoms with Crippen molar-refractivity contribution in [2.75, 3.05) is 5.32 Å². The van der Waals surface area contributed by atoms with Gasteiger partial charge in [-0.25, -0.2) is 0 Å². The van der Waals surface area contributed by atoms with Crippen LogP contribution in [0.3, 0.4) is 0 Å². The number of amides is 1. The van der Waals surface area contributed by atoms with Gasteiger partial charge in [-0.2, -0.15) is 0 Å². The Morgan fingerprint density at radius 3 is 2.61 bits per heavy atom. The number of hydrogen-bond acceptors (Lipinski definition) is 3. The molecule has 3 atom stereocenters. The maximum absolute atomic E-state index is 12.4. The van der Waals surface area contributed by atoms with Crippen LogP contribution in [-0.2, 0) is 4.79 Å². The van der Waals surface area contributed by atoms with E-state index in [0.717, 1.165) is 29.8 Å². The van der Waals surface area contributed by atoms with E-state index < -0.39 is 0 Å². The zero-order valence-electron chi connectivity index (χ0n) is 14.4. The minimum atomic E-state index is 0.136. The smallest absolute Gasteiger partial charge is 0.224 e. The number of piperidine rings is 1. The summed E-state index contributed by atoms with van der Waals surface area (Å²) in [4.78, 5) is 12.4. The Morgan fingerprint density at radius 1 is 1.30 bits per heavy atom. The molecule has 2 heterocycles. The van der Waals surface area contributed by atoms with Gasteiger partial charge in [0.05, 0.1) is 6.10 Å². The molecule has 0 radical (unpaired) electrons. The molecule has 2 aliphatic rings. The van der Waals surface area contributed by atoms with Crippen molar-refractivity contribution < 1.29 is 9.53 Å². The normalized spacial score (nSPS) is 26.3. The number of carbonyl (C=O) groups is 1. The van der Waals surface area contributed by atoms with E-state index in [1.807, 2.05) is 39.0 Å². The molecule has 2 aliphatic heterocycles. The second-order valence-corrected chi connectivity index (χ2v) is 7.37. The van der Waals surface area contributed by atoms with Gasteiger partial charge >= 0.3 is 0 Å². The Hall–Kier alpha value is -1.55. The minimum Gasteiger partial charge on any atom is -0.491 e. The van der Waals surface area contributed by atoms with Gasteiger partial charge < -0.3 is 15.4 Å². The van der Waals surface area contributed by atoms with Gasteiger partial charge in [-0.1, -0.05) is 0 Å². The van der Waals surface area contributed by atoms with Crippen LogP contribution >= 0.6 is 0 Å². The molecule has 2 saturated heterocycles. The second kappa shape index (κ2) is 6.91. The number of ether oxygens (including phenoxy) is 1. The molecule has 4 nitrogen and oxygen atoms in total. The third-order valence-electron chi connectivity index (χ3n) is 4.89. The van der Waals surface area contributed by atoms with Gasteiger partial charge in [0.1, 0.15) is 5.75 Å². The summed E-state index contributed by atoms with van der Waals surface area (Å²) < 4.78 is 5.69. The molecule has 0 aliphatic carbocycles. The van der Waals surface area contributed by atoms with E-state index in [9.17, 15) is 4.79 Å². The third kappa shape index (κ3) is 4.25. The molecule has 2 N–H and O–H groups in total. The molecule has 0 spiro atoms. The van der Waals surface area contributed by atoms with Gasteiger partial charge in [0.25, 0.3) is 0 Å². The summed E-state index contributed by atoms with van der Waals surface area (Å²) in [6.07, 6.45) is 5.63. The van der Waals surface area contributed by atoms with Crippen molar-refractivity contribution in [3.8, 4) is 5.75 Å². The molecular formula is C19H28N2O2. The fourth-order valence-electron chi connectivity index (χ4n) is 3.93. The first-order valence-electron chi connectivity index (χ1n) is 8.83. The number of nitrogens with one attached hydrogen (secondary N) is 2. The van der Waals surface area contributed by atoms with Crippen LogP contribution in [0.1, 0.15) is 51.5 Å². The molecule has 2 bridgehead atoms. The van der Waals surface area contributed by atoms with E-state index in [1.165, 1.54) is 12.8 Å². The zero-order chi connectivity index (χ0) is 16.4. The highest BCUT2D eigenvalue weighted by atomic mass is 16.5. The van der Waals surface area contributed by atoms with E-state index in [-0.39, 0.29) is 12.0 Å². The largest absolute Gasteiger partial charge is 0.491 e. The number of benzene rings is 1. The summed E-state index contributed by atoms with van der Waals surface area (Å²) in [7, 11) is 0. The van der Waals surface area contributed by atoms with Crippen molar-refractivity contribution >= 4 is 11.6 Å². The van der Waals surface area contributed by atoms with E-state index >= 15 is 0 Å². The summed E-state index contributed by atoms with van der Waals surface area (Å²) in [5, 5.41) is 6.70. The Labute approximate surface area is 139 Å². The number of anilines is 1. The van der Waals surface area contributed by atoms with E-state index in [4.69, 9.17) is 4.74 Å². The summed E-state index contributed by atoms with van der Waals surface area (Å²) >= 11 is 0. The number of carbonyl (C=O) groups excluding carboxylic acids is 1. The maximum atomic E-state index is 12.4. The predicted molar refractivity (Wildman–Crippen MR) is 92.9 cm³/mol. The van der Waals surface area contributed by atoms with Gasteiger partial charge in [0.2, 0.25) is 5.91 Å². The Bertz CT molecular complexity index is 558. The molecule has 0 aromatic heterocycles. The lowest BCUT2D eigenvalue weighted by atomic mass is 9.89. The molecule has 1 aromatic rings. The van der Waals surface area contributed by atoms with Gasteiger partial charge in [0.15, 0.2) is 0 Å². The molecule has 1 aromatic carbocycles. The summed E-state index contributed by atoms with van der Waals surface area (Å²) in [5.41, 5.74) is 1.94. The molecule has 23 heavy (non-hydrogen) atoms. The van der Waals surface area contributed by atoms with Crippen LogP contribution in [0.15, 0.2) is 18.2 Å². The van der Waals surface area contributed by atoms with Crippen LogP contribution in [0, 0.1) is 12.8 Å². The van der Waals surface area contributed by atoms with Crippen LogP contribution in [0.4, 0.5) is 5.69 Å². The van der Waals surface area contributed by atoms with E-state index in [1.54, 1.807) is 0 Å². The number of fused-ring (bicyclic) bond motifs is 2. The molecule has 3 rings (SSSR count). The SMILES string of the molecule is Cc1cc(OC(C)C)ccc1NC(=O)CC1C[C@H]2CC[C@@H](C1)N2. The van der Waals surface area contributed by atoms with Gasteiger partial charge in [0, 0.05) is 24.2 Å². The standard InChI is InChI=1S/C19H28N2O2/c1-12(2)23-17-6-7-18(13(3)8-17)21-19(22)11-14-9-15-4-5-16(10-14)20-15/h6-8,12,14-16,20H,4-5,9-11H2,1-3H3,(H,21,22)/t14?,15-,16+. The van der Waals surface area contributed by atoms with Gasteiger partial charge in [-0.15, -0.1) is 0 Å². The quantitative estimate of drug-likeness (QED) is 0.872. The molecular weight excluding hydrogens is 288 g/mol. The Morgan fingerprint density at radius 2 is 2.00 bits per heavy atom. The van der Waals surface area contributed by atoms with Crippen LogP contribution in [0.2, 0.25) is 0 Å². The predicted octanol–water partition coefficient (Wildman–Crippen LogP) is 3.64. The number of aryl methyl sites for hydroxylation is 1. The number of hydrogen-bond donors (Lipinski definition) is 2. The Kier molecular flexibility index (Phi) is 4.90. The fraction of sp³-hybridized carbons (Fsp3) is 0.632. The van der Waals surface area contributed by atoms with E-state index in [0.29, 0.717) is 24.4 Å². The monoisotopic (exact) mass is 316 g/mol. The summed E-state index contributed by atoms with van der Waals surface area (Å²) in [6, 6.07) is 7.13. The van der Waals surface area contributed by atoms with Crippen LogP contribution < -0.4 is 15.4 Å². The Balaban J connectivity index is 1.55. The van der Waals surface area contributed by atoms with Crippen molar-refractivity contribution in [3.05, 3.63) is 23.8 Å². The summed E-state index contributed by atoms with van der Waals surface area (Å²) in [6.45, 7) is 6.03. The second-order valence-electron chi connectivity index (χ2n) is 7.37. The molecule has 1 amide bonds. The van der Waals surface area contributed by atoms with Gasteiger partial charge in [-0.05, 0) is 76.1 Å². The lowest BCUT2D eigenvalue weighted by Gasteiger charge is -2.28. The van der Waals surface area contributed by atoms with Crippen molar-refractivity contribution in [1.82, 2.24) is 5.32 Å². The first-order chi connectivity index (χ1) is 11.0. The van der Waals surface area contributed by atoms with Gasteiger partial charge in [-0.3, -0.25) is 4.79 Å². The average molecular weight is 316 g/mol. The van der Waals surface area contributed by atoms with Crippen LogP contribution in [0.25, 0.3) is 0 Å². The van der Waals surface area contributed by atoms with E-state index in [2.05, 4.69) is 10.6 Å². The molecule has 2 fully saturated rings. The highest BCUT2D eigenvalue weighted by Gasteiger charge is 2.34. The maximum Gasteiger partial charge on any atom is 0.224 e. The van der Waals surface area contributed by atoms with Crippen LogP contribution in [0.5, 0.6) is 5.75 Å². The average Bonchev–Trinajstić information content (AvgIpc) is 2.80. The fourth-order valence-corrected chi connectivity index (χ4v) is 3.93. The molecule has 4 heteroatoms. The first-order valence-corrected chi connectivity index (χ1v) is 8.83. The van der Waals surface area contributed by atoms with Crippen molar-refractivity contribution in [2.24, 2.45) is 5.92 Å². The van der Waals surface area contributed by atoms with Crippen molar-refractivity contribution in [3.63, 3.8) is 0 Å². The van der Waals surface area contributed by atoms with Crippen molar-refractivity contribution in [1.29, 1.82) is 0 Å². The topological polar surface area (TPSA) is 50.4 Å². The zero-order valence-corrected chi connectivity index (χ0v) is 14.4. The third-order valence-corrected chi connectivity index (χ3v) is 4.89.